The van der Waals surface area contributed by atoms with Gasteiger partial charge in [0.15, 0.2) is 0 Å². The zero-order valence-corrected chi connectivity index (χ0v) is 12.0. The Kier molecular flexibility index (Phi) is 12.0. The van der Waals surface area contributed by atoms with E-state index in [-0.39, 0.29) is 17.6 Å². The van der Waals surface area contributed by atoms with Gasteiger partial charge < -0.3 is 21.3 Å². The smallest absolute Gasteiger partial charge is 0.0563 e. The van der Waals surface area contributed by atoms with Crippen LogP contribution in [-0.2, 0) is 33.1 Å². The van der Waals surface area contributed by atoms with E-state index in [4.69, 9.17) is 33.1 Å². The molecule has 0 aliphatic heterocycles. The molecule has 0 amide bonds. The summed E-state index contributed by atoms with van der Waals surface area (Å²) in [5.74, 6) is 0. The molecule has 0 unspecified atom stereocenters. The van der Waals surface area contributed by atoms with Crippen LogP contribution in [0.15, 0.2) is 0 Å². The summed E-state index contributed by atoms with van der Waals surface area (Å²) in [7, 11) is 0. The van der Waals surface area contributed by atoms with E-state index < -0.39 is 5.69 Å². The molecular formula is C6H14GeO2PS2-. The van der Waals surface area contributed by atoms with E-state index in [0.29, 0.717) is 13.2 Å². The Morgan fingerprint density at radius 1 is 1.17 bits per heavy atom. The van der Waals surface area contributed by atoms with Crippen LogP contribution in [0.1, 0.15) is 26.7 Å². The van der Waals surface area contributed by atoms with Crippen molar-refractivity contribution in [2.24, 2.45) is 0 Å². The van der Waals surface area contributed by atoms with Gasteiger partial charge in [0.1, 0.15) is 0 Å². The van der Waals surface area contributed by atoms with Crippen LogP contribution in [0.3, 0.4) is 0 Å². The van der Waals surface area contributed by atoms with Gasteiger partial charge in [0.05, 0.1) is 18.9 Å². The van der Waals surface area contributed by atoms with E-state index in [2.05, 4.69) is 0 Å². The fourth-order valence-electron chi connectivity index (χ4n) is 0.443. The molecule has 0 aliphatic rings. The molecular weight excluding hydrogens is 272 g/mol. The van der Waals surface area contributed by atoms with E-state index in [1.165, 1.54) is 0 Å². The second-order valence-corrected chi connectivity index (χ2v) is 7.10. The molecule has 0 saturated heterocycles. The van der Waals surface area contributed by atoms with Crippen LogP contribution in [0, 0.1) is 0 Å². The quantitative estimate of drug-likeness (QED) is 0.423. The van der Waals surface area contributed by atoms with Crippen molar-refractivity contribution in [1.29, 1.82) is 0 Å². The molecule has 0 saturated carbocycles. The first-order chi connectivity index (χ1) is 5.12. The third-order valence-corrected chi connectivity index (χ3v) is 3.17. The summed E-state index contributed by atoms with van der Waals surface area (Å²) in [6.07, 6.45) is 1.87. The fraction of sp³-hybridized carbons (Fsp3) is 1.00. The molecule has 0 aliphatic carbocycles. The monoisotopic (exact) mass is 287 g/mol. The molecule has 2 nitrogen and oxygen atoms in total. The summed E-state index contributed by atoms with van der Waals surface area (Å²) in [4.78, 5) is 0. The zero-order chi connectivity index (χ0) is 8.74. The van der Waals surface area contributed by atoms with Gasteiger partial charge in [-0.2, -0.15) is 0 Å². The molecule has 0 aromatic carbocycles. The maximum Gasteiger partial charge on any atom is 0.0563 e. The molecule has 0 N–H and O–H groups in total. The van der Waals surface area contributed by atoms with Crippen LogP contribution in [-0.4, -0.2) is 30.8 Å². The minimum atomic E-state index is -2.31. The molecule has 0 rings (SSSR count). The van der Waals surface area contributed by atoms with Crippen LogP contribution in [0.4, 0.5) is 0 Å². The van der Waals surface area contributed by atoms with Crippen molar-refractivity contribution in [2.45, 2.75) is 26.7 Å². The Labute approximate surface area is 96.1 Å². The number of rotatable bonds is 6. The molecule has 0 spiro atoms. The standard InChI is InChI=1S/C6H15O2PS2.Ge/c1-3-5-7-9(10,11)8-6-4-2;/h3-6H2,1-2H3,(H,10,11);/p-1. The Morgan fingerprint density at radius 3 is 1.75 bits per heavy atom. The van der Waals surface area contributed by atoms with Gasteiger partial charge in [-0.25, -0.2) is 0 Å². The molecule has 6 heteroatoms. The van der Waals surface area contributed by atoms with Crippen molar-refractivity contribution in [1.82, 2.24) is 0 Å². The predicted octanol–water partition coefficient (Wildman–Crippen LogP) is 2.23. The number of hydrogen-bond donors (Lipinski definition) is 0. The number of hydrogen-bond acceptors (Lipinski definition) is 4. The van der Waals surface area contributed by atoms with Gasteiger partial charge in [-0.1, -0.05) is 25.7 Å². The van der Waals surface area contributed by atoms with Crippen molar-refractivity contribution in [2.75, 3.05) is 13.2 Å². The van der Waals surface area contributed by atoms with E-state index in [1.807, 2.05) is 13.8 Å². The first kappa shape index (κ1) is 15.9. The summed E-state index contributed by atoms with van der Waals surface area (Å²) in [5.41, 5.74) is -2.31. The van der Waals surface area contributed by atoms with E-state index in [0.717, 1.165) is 12.8 Å². The summed E-state index contributed by atoms with van der Waals surface area (Å²) in [6, 6.07) is 0. The van der Waals surface area contributed by atoms with Crippen molar-refractivity contribution >= 4 is 47.3 Å². The molecule has 12 heavy (non-hydrogen) atoms. The van der Waals surface area contributed by atoms with Crippen LogP contribution in [0.25, 0.3) is 0 Å². The third-order valence-electron chi connectivity index (χ3n) is 0.907. The molecule has 0 aromatic heterocycles. The Hall–Kier alpha value is 1.46. The van der Waals surface area contributed by atoms with Gasteiger partial charge in [-0.15, -0.1) is 0 Å². The molecule has 4 radical (unpaired) electrons. The average Bonchev–Trinajstić information content (AvgIpc) is 1.97. The maximum absolute atomic E-state index is 5.20. The van der Waals surface area contributed by atoms with Crippen LogP contribution >= 0.6 is 5.69 Å². The topological polar surface area (TPSA) is 18.5 Å². The summed E-state index contributed by atoms with van der Waals surface area (Å²) in [6.45, 7) is 5.27. The first-order valence-corrected chi connectivity index (χ1v) is 7.37. The SMILES string of the molecule is CCCOP(=S)([S-])OCCC.[Ge]. The second kappa shape index (κ2) is 9.04. The molecule has 72 valence electrons. The average molecular weight is 286 g/mol. The van der Waals surface area contributed by atoms with Crippen molar-refractivity contribution in [3.8, 4) is 0 Å². The normalized spacial score (nSPS) is 10.9. The van der Waals surface area contributed by atoms with E-state index >= 15 is 0 Å². The zero-order valence-electron chi connectivity index (χ0n) is 7.41. The third kappa shape index (κ3) is 9.55. The van der Waals surface area contributed by atoms with Gasteiger partial charge in [-0.05, 0) is 12.8 Å². The first-order valence-electron chi connectivity index (χ1n) is 3.72. The molecule has 0 aromatic rings. The molecule has 0 atom stereocenters. The van der Waals surface area contributed by atoms with E-state index in [1.54, 1.807) is 0 Å². The maximum atomic E-state index is 5.20. The van der Waals surface area contributed by atoms with Gasteiger partial charge in [0.25, 0.3) is 0 Å². The van der Waals surface area contributed by atoms with Crippen LogP contribution < -0.4 is 0 Å². The Bertz CT molecular complexity index is 134. The largest absolute Gasteiger partial charge is 0.691 e. The van der Waals surface area contributed by atoms with E-state index in [9.17, 15) is 0 Å². The van der Waals surface area contributed by atoms with Crippen LogP contribution in [0.2, 0.25) is 0 Å². The Morgan fingerprint density at radius 2 is 1.50 bits per heavy atom. The van der Waals surface area contributed by atoms with Gasteiger partial charge >= 0.3 is 0 Å². The van der Waals surface area contributed by atoms with Gasteiger partial charge in [-0.3, -0.25) is 0 Å². The minimum Gasteiger partial charge on any atom is -0.691 e. The molecule has 0 fully saturated rings. The summed E-state index contributed by atoms with van der Waals surface area (Å²) in [5, 5.41) is 0. The second-order valence-electron chi connectivity index (χ2n) is 2.11. The Balaban J connectivity index is 0. The fourth-order valence-corrected chi connectivity index (χ4v) is 2.22. The predicted molar refractivity (Wildman–Crippen MR) is 59.9 cm³/mol. The van der Waals surface area contributed by atoms with Crippen molar-refractivity contribution in [3.05, 3.63) is 0 Å². The van der Waals surface area contributed by atoms with Crippen molar-refractivity contribution < 1.29 is 9.05 Å². The van der Waals surface area contributed by atoms with Gasteiger partial charge in [0, 0.05) is 17.6 Å². The summed E-state index contributed by atoms with van der Waals surface area (Å²) >= 11 is 9.91. The van der Waals surface area contributed by atoms with Gasteiger partial charge in [0.2, 0.25) is 0 Å². The minimum absolute atomic E-state index is 0. The molecule has 0 heterocycles. The van der Waals surface area contributed by atoms with Crippen molar-refractivity contribution in [3.63, 3.8) is 0 Å². The molecule has 0 bridgehead atoms. The summed E-state index contributed by atoms with van der Waals surface area (Å²) < 4.78 is 10.4. The van der Waals surface area contributed by atoms with Crippen LogP contribution in [0.5, 0.6) is 0 Å².